The van der Waals surface area contributed by atoms with Crippen molar-refractivity contribution < 1.29 is 9.59 Å². The van der Waals surface area contributed by atoms with Crippen LogP contribution in [0, 0.1) is 6.92 Å². The molecule has 114 valence electrons. The Labute approximate surface area is 133 Å². The molecule has 1 aromatic carbocycles. The molecule has 1 unspecified atom stereocenters. The van der Waals surface area contributed by atoms with Gasteiger partial charge in [0.25, 0.3) is 0 Å². The molecule has 1 aliphatic rings. The average molecular weight is 328 g/mol. The molecule has 0 saturated carbocycles. The van der Waals surface area contributed by atoms with Crippen LogP contribution in [0.15, 0.2) is 18.2 Å². The van der Waals surface area contributed by atoms with Gasteiger partial charge in [-0.2, -0.15) is 0 Å². The minimum Gasteiger partial charge on any atom is -0.354 e. The van der Waals surface area contributed by atoms with Gasteiger partial charge in [0, 0.05) is 35.3 Å². The summed E-state index contributed by atoms with van der Waals surface area (Å²) in [7, 11) is 0. The lowest BCUT2D eigenvalue weighted by atomic mass is 10.2. The molecular formula is C14H18ClN3O2S. The molecule has 1 fully saturated rings. The smallest absolute Gasteiger partial charge is 0.238 e. The fourth-order valence-corrected chi connectivity index (χ4v) is 3.06. The Morgan fingerprint density at radius 3 is 3.00 bits per heavy atom. The van der Waals surface area contributed by atoms with E-state index in [4.69, 9.17) is 11.6 Å². The van der Waals surface area contributed by atoms with Crippen molar-refractivity contribution >= 4 is 40.9 Å². The number of nitrogens with one attached hydrogen (secondary N) is 3. The monoisotopic (exact) mass is 327 g/mol. The van der Waals surface area contributed by atoms with Crippen LogP contribution < -0.4 is 16.0 Å². The third-order valence-corrected chi connectivity index (χ3v) is 4.58. The van der Waals surface area contributed by atoms with Gasteiger partial charge in [0.15, 0.2) is 0 Å². The molecule has 1 aromatic rings. The lowest BCUT2D eigenvalue weighted by Gasteiger charge is -2.11. The van der Waals surface area contributed by atoms with E-state index in [0.29, 0.717) is 17.3 Å². The molecule has 1 atom stereocenters. The van der Waals surface area contributed by atoms with E-state index in [1.165, 1.54) is 0 Å². The quantitative estimate of drug-likeness (QED) is 0.770. The average Bonchev–Trinajstić information content (AvgIpc) is 2.98. The Balaban J connectivity index is 1.74. The number of hydrogen-bond donors (Lipinski definition) is 3. The summed E-state index contributed by atoms with van der Waals surface area (Å²) in [5.41, 5.74) is 1.54. The van der Waals surface area contributed by atoms with Gasteiger partial charge in [-0.1, -0.05) is 17.7 Å². The molecule has 0 radical (unpaired) electrons. The van der Waals surface area contributed by atoms with E-state index in [-0.39, 0.29) is 24.3 Å². The molecular weight excluding hydrogens is 310 g/mol. The topological polar surface area (TPSA) is 70.2 Å². The highest BCUT2D eigenvalue weighted by Gasteiger charge is 2.21. The number of benzene rings is 1. The van der Waals surface area contributed by atoms with Gasteiger partial charge < -0.3 is 10.6 Å². The number of carbonyl (C=O) groups excluding carboxylic acids is 2. The van der Waals surface area contributed by atoms with Gasteiger partial charge in [0.1, 0.15) is 0 Å². The molecule has 7 heteroatoms. The van der Waals surface area contributed by atoms with Gasteiger partial charge in [-0.15, -0.1) is 11.8 Å². The zero-order valence-electron chi connectivity index (χ0n) is 11.7. The molecule has 2 amide bonds. The second kappa shape index (κ2) is 7.68. The van der Waals surface area contributed by atoms with E-state index in [1.54, 1.807) is 30.0 Å². The van der Waals surface area contributed by atoms with Crippen LogP contribution in [-0.2, 0) is 9.59 Å². The zero-order valence-corrected chi connectivity index (χ0v) is 13.3. The molecule has 5 nitrogen and oxygen atoms in total. The lowest BCUT2D eigenvalue weighted by Crippen LogP contribution is -2.42. The molecule has 0 bridgehead atoms. The minimum atomic E-state index is -0.145. The second-order valence-electron chi connectivity index (χ2n) is 4.77. The summed E-state index contributed by atoms with van der Waals surface area (Å²) in [5.74, 6) is 1.38. The van der Waals surface area contributed by atoms with Crippen molar-refractivity contribution in [1.82, 2.24) is 10.6 Å². The van der Waals surface area contributed by atoms with Crippen LogP contribution in [0.25, 0.3) is 0 Å². The molecule has 21 heavy (non-hydrogen) atoms. The molecule has 0 aliphatic carbocycles. The highest BCUT2D eigenvalue weighted by Crippen LogP contribution is 2.22. The maximum Gasteiger partial charge on any atom is 0.238 e. The van der Waals surface area contributed by atoms with Crippen molar-refractivity contribution in [3.8, 4) is 0 Å². The minimum absolute atomic E-state index is 0.0493. The first-order chi connectivity index (χ1) is 10.1. The summed E-state index contributed by atoms with van der Waals surface area (Å²) in [6.45, 7) is 2.18. The highest BCUT2D eigenvalue weighted by atomic mass is 35.5. The fourth-order valence-electron chi connectivity index (χ4n) is 1.94. The Hall–Kier alpha value is -1.24. The molecule has 0 aromatic heterocycles. The van der Waals surface area contributed by atoms with E-state index in [9.17, 15) is 9.59 Å². The molecule has 2 rings (SSSR count). The maximum atomic E-state index is 11.9. The van der Waals surface area contributed by atoms with E-state index in [2.05, 4.69) is 16.0 Å². The first kappa shape index (κ1) is 16.1. The first-order valence-corrected chi connectivity index (χ1v) is 8.25. The number of rotatable bonds is 5. The molecule has 1 heterocycles. The third kappa shape index (κ3) is 4.62. The van der Waals surface area contributed by atoms with E-state index in [1.807, 2.05) is 6.92 Å². The van der Waals surface area contributed by atoms with Crippen molar-refractivity contribution in [2.45, 2.75) is 19.4 Å². The van der Waals surface area contributed by atoms with E-state index < -0.39 is 0 Å². The first-order valence-electron chi connectivity index (χ1n) is 6.71. The highest BCUT2D eigenvalue weighted by molar-refractivity contribution is 7.99. The Morgan fingerprint density at radius 2 is 2.29 bits per heavy atom. The Bertz CT molecular complexity index is 533. The van der Waals surface area contributed by atoms with E-state index in [0.717, 1.165) is 17.2 Å². The van der Waals surface area contributed by atoms with Gasteiger partial charge in [-0.05, 0) is 24.6 Å². The molecule has 3 N–H and O–H groups in total. The molecule has 0 spiro atoms. The fraction of sp³-hybridized carbons (Fsp3) is 0.429. The third-order valence-electron chi connectivity index (χ3n) is 3.23. The number of hydrogen-bond acceptors (Lipinski definition) is 4. The Morgan fingerprint density at radius 1 is 1.48 bits per heavy atom. The summed E-state index contributed by atoms with van der Waals surface area (Å²) in [4.78, 5) is 23.6. The number of anilines is 1. The van der Waals surface area contributed by atoms with Crippen LogP contribution in [0.1, 0.15) is 12.0 Å². The number of amides is 2. The van der Waals surface area contributed by atoms with Crippen molar-refractivity contribution in [3.63, 3.8) is 0 Å². The van der Waals surface area contributed by atoms with Crippen molar-refractivity contribution in [2.75, 3.05) is 23.5 Å². The van der Waals surface area contributed by atoms with Crippen molar-refractivity contribution in [3.05, 3.63) is 28.8 Å². The van der Waals surface area contributed by atoms with Gasteiger partial charge in [0.05, 0.1) is 6.04 Å². The van der Waals surface area contributed by atoms with Crippen LogP contribution in [0.3, 0.4) is 0 Å². The maximum absolute atomic E-state index is 11.9. The largest absolute Gasteiger partial charge is 0.354 e. The lowest BCUT2D eigenvalue weighted by molar-refractivity contribution is -0.122. The molecule has 1 aliphatic heterocycles. The van der Waals surface area contributed by atoms with Crippen LogP contribution in [-0.4, -0.2) is 36.0 Å². The summed E-state index contributed by atoms with van der Waals surface area (Å²) >= 11 is 7.69. The molecule has 1 saturated heterocycles. The van der Waals surface area contributed by atoms with Gasteiger partial charge in [-0.25, -0.2) is 0 Å². The van der Waals surface area contributed by atoms with Crippen LogP contribution >= 0.6 is 23.4 Å². The van der Waals surface area contributed by atoms with Crippen molar-refractivity contribution in [2.24, 2.45) is 0 Å². The predicted octanol–water partition coefficient (Wildman–Crippen LogP) is 1.76. The van der Waals surface area contributed by atoms with Crippen LogP contribution in [0.2, 0.25) is 5.02 Å². The normalized spacial score (nSPS) is 17.5. The van der Waals surface area contributed by atoms with Crippen LogP contribution in [0.5, 0.6) is 0 Å². The van der Waals surface area contributed by atoms with Gasteiger partial charge >= 0.3 is 0 Å². The summed E-state index contributed by atoms with van der Waals surface area (Å²) < 4.78 is 0. The Kier molecular flexibility index (Phi) is 5.90. The second-order valence-corrected chi connectivity index (χ2v) is 6.21. The van der Waals surface area contributed by atoms with Gasteiger partial charge in [-0.3, -0.25) is 14.9 Å². The van der Waals surface area contributed by atoms with Crippen LogP contribution in [0.4, 0.5) is 5.69 Å². The summed E-state index contributed by atoms with van der Waals surface area (Å²) in [6, 6.07) is 5.22. The summed E-state index contributed by atoms with van der Waals surface area (Å²) in [6.07, 6.45) is 0.234. The SMILES string of the molecule is Cc1c(Cl)cccc1NC(=O)CCNC(=O)C1CSCN1. The van der Waals surface area contributed by atoms with E-state index >= 15 is 0 Å². The number of halogens is 1. The van der Waals surface area contributed by atoms with Gasteiger partial charge in [0.2, 0.25) is 11.8 Å². The number of thioether (sulfide) groups is 1. The zero-order chi connectivity index (χ0) is 15.2. The summed E-state index contributed by atoms with van der Waals surface area (Å²) in [5, 5.41) is 9.27. The standard InChI is InChI=1S/C14H18ClN3O2S/c1-9-10(15)3-2-4-11(9)18-13(19)5-6-16-14(20)12-7-21-8-17-12/h2-4,12,17H,5-8H2,1H3,(H,16,20)(H,18,19). The van der Waals surface area contributed by atoms with Crippen molar-refractivity contribution in [1.29, 1.82) is 0 Å². The predicted molar refractivity (Wildman–Crippen MR) is 86.7 cm³/mol. The number of carbonyl (C=O) groups is 2.